The lowest BCUT2D eigenvalue weighted by molar-refractivity contribution is 0.244. The molecule has 3 aromatic rings. The van der Waals surface area contributed by atoms with Gasteiger partial charge in [-0.3, -0.25) is 5.10 Å². The summed E-state index contributed by atoms with van der Waals surface area (Å²) >= 11 is 0. The van der Waals surface area contributed by atoms with Crippen molar-refractivity contribution in [2.24, 2.45) is 17.8 Å². The van der Waals surface area contributed by atoms with Crippen molar-refractivity contribution < 1.29 is 13.2 Å². The number of hydrogen-bond acceptors (Lipinski definition) is 3. The Labute approximate surface area is 164 Å². The fraction of sp³-hybridized carbons (Fsp3) is 0.364. The molecule has 7 heteroatoms. The van der Waals surface area contributed by atoms with E-state index in [0.717, 1.165) is 36.3 Å². The number of nitrogens with zero attached hydrogens (tertiary/aromatic N) is 2. The summed E-state index contributed by atoms with van der Waals surface area (Å²) in [6.07, 6.45) is 4.88. The first-order valence-electron chi connectivity index (χ1n) is 9.88. The summed E-state index contributed by atoms with van der Waals surface area (Å²) in [5.41, 5.74) is 2.00. The third-order valence-corrected chi connectivity index (χ3v) is 7.28. The highest BCUT2D eigenvalue weighted by molar-refractivity contribution is 5.89. The number of halogens is 3. The van der Waals surface area contributed by atoms with Crippen LogP contribution < -0.4 is 5.32 Å². The topological polar surface area (TPSA) is 64.5 Å². The van der Waals surface area contributed by atoms with E-state index in [-0.39, 0.29) is 23.0 Å². The lowest BCUT2D eigenvalue weighted by Crippen LogP contribution is -2.36. The first-order valence-corrected chi connectivity index (χ1v) is 9.88. The molecule has 2 saturated carbocycles. The van der Waals surface area contributed by atoms with E-state index < -0.39 is 23.5 Å². The normalized spacial score (nSPS) is 29.4. The molecule has 0 amide bonds. The Bertz CT molecular complexity index is 1210. The number of nitrogens with one attached hydrogen (secondary N) is 2. The minimum Gasteiger partial charge on any atom is -0.375 e. The molecule has 3 aliphatic rings. The van der Waals surface area contributed by atoms with E-state index >= 15 is 4.39 Å². The molecule has 2 aliphatic carbocycles. The Morgan fingerprint density at radius 3 is 2.69 bits per heavy atom. The molecule has 0 saturated heterocycles. The van der Waals surface area contributed by atoms with Gasteiger partial charge in [-0.15, -0.1) is 0 Å². The van der Waals surface area contributed by atoms with E-state index in [1.807, 2.05) is 0 Å². The number of H-pyrrole nitrogens is 1. The molecule has 0 spiro atoms. The molecule has 4 nitrogen and oxygen atoms in total. The van der Waals surface area contributed by atoms with Crippen LogP contribution in [0.25, 0.3) is 10.9 Å². The third kappa shape index (κ3) is 2.17. The minimum atomic E-state index is -0.874. The number of aromatic amines is 1. The summed E-state index contributed by atoms with van der Waals surface area (Å²) < 4.78 is 43.8. The Kier molecular flexibility index (Phi) is 3.35. The average Bonchev–Trinajstić information content (AvgIpc) is 3.44. The van der Waals surface area contributed by atoms with Crippen molar-refractivity contribution in [3.63, 3.8) is 0 Å². The van der Waals surface area contributed by atoms with Crippen LogP contribution in [0.2, 0.25) is 0 Å². The zero-order valence-corrected chi connectivity index (χ0v) is 15.3. The average molecular weight is 394 g/mol. The fourth-order valence-corrected chi connectivity index (χ4v) is 6.25. The van der Waals surface area contributed by atoms with E-state index in [1.165, 1.54) is 12.1 Å². The Morgan fingerprint density at radius 1 is 1.03 bits per heavy atom. The highest BCUT2D eigenvalue weighted by atomic mass is 19.1. The Hall–Kier alpha value is -3.01. The summed E-state index contributed by atoms with van der Waals surface area (Å²) in [5, 5.41) is 20.3. The third-order valence-electron chi connectivity index (χ3n) is 7.28. The molecule has 5 atom stereocenters. The molecular weight excluding hydrogens is 377 g/mol. The van der Waals surface area contributed by atoms with Gasteiger partial charge in [-0.25, -0.2) is 13.2 Å². The first kappa shape index (κ1) is 16.9. The fourth-order valence-electron chi connectivity index (χ4n) is 6.25. The number of fused-ring (bicyclic) bond motifs is 9. The largest absolute Gasteiger partial charge is 0.375 e. The second-order valence-electron chi connectivity index (χ2n) is 8.50. The molecule has 146 valence electrons. The zero-order valence-electron chi connectivity index (χ0n) is 15.3. The SMILES string of the molecule is N#Cc1cc([C@@H]2Nc3c(F)cc4[nH]ncc4c3[C@H]3C4CCC(C4)[C@@H]23)c(F)cc1F. The molecule has 2 N–H and O–H groups in total. The molecular formula is C22H17F3N4. The van der Waals surface area contributed by atoms with Crippen LogP contribution in [-0.2, 0) is 0 Å². The molecule has 2 unspecified atom stereocenters. The van der Waals surface area contributed by atoms with Crippen LogP contribution in [0.1, 0.15) is 47.9 Å². The predicted molar refractivity (Wildman–Crippen MR) is 101 cm³/mol. The van der Waals surface area contributed by atoms with E-state index in [2.05, 4.69) is 15.5 Å². The molecule has 2 heterocycles. The molecule has 6 rings (SSSR count). The van der Waals surface area contributed by atoms with Gasteiger partial charge in [0.05, 0.1) is 29.0 Å². The van der Waals surface area contributed by atoms with Gasteiger partial charge in [0, 0.05) is 23.1 Å². The summed E-state index contributed by atoms with van der Waals surface area (Å²) in [6, 6.07) is 4.74. The van der Waals surface area contributed by atoms with Crippen molar-refractivity contribution in [3.8, 4) is 6.07 Å². The monoisotopic (exact) mass is 394 g/mol. The van der Waals surface area contributed by atoms with E-state index in [4.69, 9.17) is 0 Å². The van der Waals surface area contributed by atoms with Crippen LogP contribution in [0.3, 0.4) is 0 Å². The number of nitriles is 1. The van der Waals surface area contributed by atoms with Gasteiger partial charge < -0.3 is 5.32 Å². The number of aromatic nitrogens is 2. The van der Waals surface area contributed by atoms with Crippen molar-refractivity contribution in [2.45, 2.75) is 31.2 Å². The van der Waals surface area contributed by atoms with Crippen molar-refractivity contribution in [1.82, 2.24) is 10.2 Å². The maximum Gasteiger partial charge on any atom is 0.148 e. The summed E-state index contributed by atoms with van der Waals surface area (Å²) in [6.45, 7) is 0. The van der Waals surface area contributed by atoms with Crippen LogP contribution in [0.4, 0.5) is 18.9 Å². The van der Waals surface area contributed by atoms with Crippen LogP contribution >= 0.6 is 0 Å². The van der Waals surface area contributed by atoms with Crippen molar-refractivity contribution in [3.05, 3.63) is 58.5 Å². The zero-order chi connectivity index (χ0) is 19.9. The number of anilines is 1. The number of hydrogen-bond donors (Lipinski definition) is 2. The Balaban J connectivity index is 1.59. The summed E-state index contributed by atoms with van der Waals surface area (Å²) in [4.78, 5) is 0. The number of rotatable bonds is 1. The van der Waals surface area contributed by atoms with Crippen molar-refractivity contribution in [1.29, 1.82) is 5.26 Å². The van der Waals surface area contributed by atoms with Crippen LogP contribution in [-0.4, -0.2) is 10.2 Å². The minimum absolute atomic E-state index is 0.0626. The van der Waals surface area contributed by atoms with Gasteiger partial charge in [-0.05, 0) is 54.6 Å². The lowest BCUT2D eigenvalue weighted by Gasteiger charge is -2.44. The molecule has 2 fully saturated rings. The first-order chi connectivity index (χ1) is 14.1. The second kappa shape index (κ2) is 5.76. The van der Waals surface area contributed by atoms with Gasteiger partial charge in [0.1, 0.15) is 23.5 Å². The molecule has 29 heavy (non-hydrogen) atoms. The standard InChI is InChI=1S/C22H17F3N4/c23-14-5-15(24)12(4-11(14)7-26)21-19-10-2-1-9(3-10)18(19)20-13-8-27-29-17(13)6-16(25)22(20)28-21/h4-6,8-10,18-19,21,28H,1-3H2,(H,27,29)/t9?,10?,18-,19+,21-/m0/s1. The van der Waals surface area contributed by atoms with Crippen molar-refractivity contribution >= 4 is 16.6 Å². The molecule has 0 radical (unpaired) electrons. The van der Waals surface area contributed by atoms with Gasteiger partial charge in [0.15, 0.2) is 0 Å². The predicted octanol–water partition coefficient (Wildman–Crippen LogP) is 5.15. The van der Waals surface area contributed by atoms with Crippen LogP contribution in [0, 0.1) is 46.5 Å². The summed E-state index contributed by atoms with van der Waals surface area (Å²) in [7, 11) is 0. The van der Waals surface area contributed by atoms with Gasteiger partial charge in [-0.1, -0.05) is 0 Å². The molecule has 1 aromatic heterocycles. The van der Waals surface area contributed by atoms with E-state index in [0.29, 0.717) is 23.0 Å². The number of benzene rings is 2. The van der Waals surface area contributed by atoms with Crippen molar-refractivity contribution in [2.75, 3.05) is 5.32 Å². The van der Waals surface area contributed by atoms with Crippen LogP contribution in [0.15, 0.2) is 24.4 Å². The van der Waals surface area contributed by atoms with Crippen LogP contribution in [0.5, 0.6) is 0 Å². The highest BCUT2D eigenvalue weighted by Crippen LogP contribution is 2.65. The Morgan fingerprint density at radius 2 is 1.86 bits per heavy atom. The maximum absolute atomic E-state index is 15.1. The molecule has 2 aromatic carbocycles. The van der Waals surface area contributed by atoms with E-state index in [9.17, 15) is 14.0 Å². The quantitative estimate of drug-likeness (QED) is 0.600. The molecule has 2 bridgehead atoms. The smallest absolute Gasteiger partial charge is 0.148 e. The lowest BCUT2D eigenvalue weighted by atomic mass is 9.67. The molecule has 1 aliphatic heterocycles. The van der Waals surface area contributed by atoms with Gasteiger partial charge >= 0.3 is 0 Å². The highest BCUT2D eigenvalue weighted by Gasteiger charge is 2.55. The maximum atomic E-state index is 15.1. The summed E-state index contributed by atoms with van der Waals surface area (Å²) in [5.74, 6) is -1.04. The van der Waals surface area contributed by atoms with E-state index in [1.54, 1.807) is 12.3 Å². The second-order valence-corrected chi connectivity index (χ2v) is 8.50. The van der Waals surface area contributed by atoms with Gasteiger partial charge in [0.25, 0.3) is 0 Å². The van der Waals surface area contributed by atoms with Gasteiger partial charge in [-0.2, -0.15) is 10.4 Å². The van der Waals surface area contributed by atoms with Gasteiger partial charge in [0.2, 0.25) is 0 Å².